The van der Waals surface area contributed by atoms with Crippen LogP contribution in [0.5, 0.6) is 0 Å². The highest BCUT2D eigenvalue weighted by Crippen LogP contribution is 2.35. The first-order chi connectivity index (χ1) is 17.2. The largest absolute Gasteiger partial charge is 0.435 e. The molecule has 2 aliphatic heterocycles. The predicted molar refractivity (Wildman–Crippen MR) is 124 cm³/mol. The summed E-state index contributed by atoms with van der Waals surface area (Å²) in [7, 11) is 0. The lowest BCUT2D eigenvalue weighted by Crippen LogP contribution is -2.35. The van der Waals surface area contributed by atoms with Gasteiger partial charge in [-0.15, -0.1) is 11.3 Å². The zero-order valence-electron chi connectivity index (χ0n) is 19.4. The van der Waals surface area contributed by atoms with Crippen molar-refractivity contribution in [2.45, 2.75) is 50.9 Å². The molecule has 4 heterocycles. The molecule has 2 aliphatic rings. The molecule has 0 amide bonds. The lowest BCUT2D eigenvalue weighted by molar-refractivity contribution is -0.141. The summed E-state index contributed by atoms with van der Waals surface area (Å²) in [5, 5.41) is 10.6. The van der Waals surface area contributed by atoms with Crippen molar-refractivity contribution >= 4 is 17.0 Å². The smallest absolute Gasteiger partial charge is 0.387 e. The molecule has 0 bridgehead atoms. The summed E-state index contributed by atoms with van der Waals surface area (Å²) in [6.45, 7) is 4.27. The van der Waals surface area contributed by atoms with E-state index in [0.717, 1.165) is 37.0 Å². The Hall–Kier alpha value is -2.86. The van der Waals surface area contributed by atoms with E-state index in [0.29, 0.717) is 30.2 Å². The van der Waals surface area contributed by atoms with Crippen molar-refractivity contribution in [3.05, 3.63) is 68.9 Å². The van der Waals surface area contributed by atoms with Gasteiger partial charge in [-0.2, -0.15) is 18.3 Å². The SMILES string of the molecule is Cc1cc(C(F)(F)F)nn1CCN1CCC(c2nc(C3=NOC(c4c(F)cccc4F)C3)cs2)CC1. The van der Waals surface area contributed by atoms with Gasteiger partial charge in [-0.1, -0.05) is 11.2 Å². The van der Waals surface area contributed by atoms with Gasteiger partial charge in [0.15, 0.2) is 11.8 Å². The molecular formula is C24H24F5N5OS. The van der Waals surface area contributed by atoms with E-state index in [-0.39, 0.29) is 17.9 Å². The van der Waals surface area contributed by atoms with Crippen LogP contribution in [-0.4, -0.2) is 45.0 Å². The Labute approximate surface area is 208 Å². The standard InChI is InChI=1S/C24H24F5N5OS/c1-14-11-21(24(27,28)29)31-34(14)10-9-33-7-5-15(6-8-33)23-30-19(13-36-23)18-12-20(35-32-18)22-16(25)3-2-4-17(22)26/h2-4,11,13,15,20H,5-10,12H2,1H3. The molecule has 3 aromatic rings. The Morgan fingerprint density at radius 2 is 1.83 bits per heavy atom. The fraction of sp³-hybridized carbons (Fsp3) is 0.458. The Balaban J connectivity index is 1.14. The number of nitrogens with zero attached hydrogens (tertiary/aromatic N) is 5. The molecule has 192 valence electrons. The molecule has 0 saturated carbocycles. The van der Waals surface area contributed by atoms with Crippen LogP contribution in [0.25, 0.3) is 0 Å². The van der Waals surface area contributed by atoms with Gasteiger partial charge in [0, 0.05) is 30.0 Å². The Kier molecular flexibility index (Phi) is 6.82. The fourth-order valence-electron chi connectivity index (χ4n) is 4.62. The van der Waals surface area contributed by atoms with Crippen LogP contribution in [0.15, 0.2) is 34.8 Å². The molecule has 0 N–H and O–H groups in total. The first kappa shape index (κ1) is 24.8. The summed E-state index contributed by atoms with van der Waals surface area (Å²) in [6.07, 6.45) is -3.26. The van der Waals surface area contributed by atoms with E-state index in [2.05, 4.69) is 15.2 Å². The van der Waals surface area contributed by atoms with Crippen molar-refractivity contribution in [2.75, 3.05) is 19.6 Å². The van der Waals surface area contributed by atoms with E-state index in [1.54, 1.807) is 6.92 Å². The number of likely N-dealkylation sites (tertiary alicyclic amines) is 1. The van der Waals surface area contributed by atoms with Gasteiger partial charge >= 0.3 is 6.18 Å². The van der Waals surface area contributed by atoms with Crippen molar-refractivity contribution in [1.29, 1.82) is 0 Å². The highest BCUT2D eigenvalue weighted by atomic mass is 32.1. The Morgan fingerprint density at radius 1 is 1.11 bits per heavy atom. The number of aryl methyl sites for hydroxylation is 1. The molecule has 5 rings (SSSR count). The van der Waals surface area contributed by atoms with Gasteiger partial charge in [0.25, 0.3) is 0 Å². The number of alkyl halides is 3. The summed E-state index contributed by atoms with van der Waals surface area (Å²) in [4.78, 5) is 12.3. The van der Waals surface area contributed by atoms with E-state index in [4.69, 9.17) is 9.82 Å². The van der Waals surface area contributed by atoms with E-state index < -0.39 is 29.6 Å². The average Bonchev–Trinajstić information content (AvgIpc) is 3.58. The van der Waals surface area contributed by atoms with Crippen LogP contribution in [-0.2, 0) is 17.6 Å². The summed E-state index contributed by atoms with van der Waals surface area (Å²) >= 11 is 1.53. The molecule has 0 spiro atoms. The third-order valence-electron chi connectivity index (χ3n) is 6.64. The van der Waals surface area contributed by atoms with Gasteiger partial charge in [0.2, 0.25) is 0 Å². The number of piperidine rings is 1. The first-order valence-corrected chi connectivity index (χ1v) is 12.5. The first-order valence-electron chi connectivity index (χ1n) is 11.7. The summed E-state index contributed by atoms with van der Waals surface area (Å²) < 4.78 is 68.2. The quantitative estimate of drug-likeness (QED) is 0.388. The molecule has 12 heteroatoms. The van der Waals surface area contributed by atoms with Gasteiger partial charge in [0.1, 0.15) is 17.3 Å². The third kappa shape index (κ3) is 5.15. The molecule has 36 heavy (non-hydrogen) atoms. The number of hydrogen-bond donors (Lipinski definition) is 0. The van der Waals surface area contributed by atoms with Crippen molar-refractivity contribution < 1.29 is 26.8 Å². The summed E-state index contributed by atoms with van der Waals surface area (Å²) in [6, 6.07) is 4.78. The minimum Gasteiger partial charge on any atom is -0.387 e. The van der Waals surface area contributed by atoms with Crippen LogP contribution < -0.4 is 0 Å². The number of thiazole rings is 1. The normalized spacial score (nSPS) is 19.5. The third-order valence-corrected chi connectivity index (χ3v) is 7.65. The van der Waals surface area contributed by atoms with Crippen molar-refractivity contribution in [3.63, 3.8) is 0 Å². The predicted octanol–water partition coefficient (Wildman–Crippen LogP) is 5.69. The lowest BCUT2D eigenvalue weighted by atomic mass is 9.97. The minimum atomic E-state index is -4.44. The van der Waals surface area contributed by atoms with Gasteiger partial charge in [0.05, 0.1) is 22.8 Å². The molecular weight excluding hydrogens is 501 g/mol. The molecule has 1 aromatic carbocycles. The molecule has 1 unspecified atom stereocenters. The monoisotopic (exact) mass is 525 g/mol. The van der Waals surface area contributed by atoms with Gasteiger partial charge in [-0.3, -0.25) is 4.68 Å². The number of hydrogen-bond acceptors (Lipinski definition) is 6. The number of rotatable bonds is 6. The van der Waals surface area contributed by atoms with Crippen LogP contribution in [0.1, 0.15) is 58.9 Å². The number of aromatic nitrogens is 3. The van der Waals surface area contributed by atoms with Gasteiger partial charge in [-0.25, -0.2) is 13.8 Å². The van der Waals surface area contributed by atoms with E-state index >= 15 is 0 Å². The number of benzene rings is 1. The molecule has 1 fully saturated rings. The van der Waals surface area contributed by atoms with Crippen molar-refractivity contribution in [2.24, 2.45) is 5.16 Å². The second kappa shape index (κ2) is 9.89. The fourth-order valence-corrected chi connectivity index (χ4v) is 5.62. The average molecular weight is 526 g/mol. The molecule has 0 aliphatic carbocycles. The topological polar surface area (TPSA) is 55.5 Å². The van der Waals surface area contributed by atoms with Crippen LogP contribution >= 0.6 is 11.3 Å². The summed E-state index contributed by atoms with van der Waals surface area (Å²) in [5.41, 5.74) is 0.730. The van der Waals surface area contributed by atoms with E-state index in [9.17, 15) is 22.0 Å². The molecule has 1 atom stereocenters. The van der Waals surface area contributed by atoms with Gasteiger partial charge in [-0.05, 0) is 51.1 Å². The molecule has 2 aromatic heterocycles. The highest BCUT2D eigenvalue weighted by Gasteiger charge is 2.34. The molecule has 6 nitrogen and oxygen atoms in total. The zero-order valence-corrected chi connectivity index (χ0v) is 20.3. The highest BCUT2D eigenvalue weighted by molar-refractivity contribution is 7.10. The minimum absolute atomic E-state index is 0.126. The molecule has 1 saturated heterocycles. The second-order valence-corrected chi connectivity index (χ2v) is 9.94. The van der Waals surface area contributed by atoms with Crippen LogP contribution in [0.3, 0.4) is 0 Å². The summed E-state index contributed by atoms with van der Waals surface area (Å²) in [5.74, 6) is -1.05. The zero-order chi connectivity index (χ0) is 25.4. The van der Waals surface area contributed by atoms with E-state index in [1.165, 1.54) is 34.2 Å². The Morgan fingerprint density at radius 3 is 2.50 bits per heavy atom. The van der Waals surface area contributed by atoms with Crippen LogP contribution in [0.4, 0.5) is 22.0 Å². The number of oxime groups is 1. The molecule has 0 radical (unpaired) electrons. The maximum Gasteiger partial charge on any atom is 0.435 e. The lowest BCUT2D eigenvalue weighted by Gasteiger charge is -2.31. The van der Waals surface area contributed by atoms with Crippen molar-refractivity contribution in [3.8, 4) is 0 Å². The number of halogens is 5. The van der Waals surface area contributed by atoms with Crippen molar-refractivity contribution in [1.82, 2.24) is 19.7 Å². The maximum absolute atomic E-state index is 14.1. The van der Waals surface area contributed by atoms with E-state index in [1.807, 2.05) is 5.38 Å². The Bertz CT molecular complexity index is 1240. The maximum atomic E-state index is 14.1. The van der Waals surface area contributed by atoms with Crippen LogP contribution in [0, 0.1) is 18.6 Å². The van der Waals surface area contributed by atoms with Crippen LogP contribution in [0.2, 0.25) is 0 Å². The van der Waals surface area contributed by atoms with Gasteiger partial charge < -0.3 is 9.74 Å². The second-order valence-electron chi connectivity index (χ2n) is 9.05.